The van der Waals surface area contributed by atoms with E-state index in [2.05, 4.69) is 20.3 Å². The lowest BCUT2D eigenvalue weighted by Crippen LogP contribution is -2.18. The van der Waals surface area contributed by atoms with E-state index < -0.39 is 0 Å². The first-order chi connectivity index (χ1) is 9.34. The highest BCUT2D eigenvalue weighted by molar-refractivity contribution is 8.00. The molecule has 4 rings (SSSR count). The third kappa shape index (κ3) is 1.51. The molecule has 0 aliphatic carbocycles. The molecule has 3 heterocycles. The summed E-state index contributed by atoms with van der Waals surface area (Å²) in [6.07, 6.45) is 1.82. The molecule has 0 fully saturated rings. The second-order valence-electron chi connectivity index (χ2n) is 4.22. The summed E-state index contributed by atoms with van der Waals surface area (Å²) >= 11 is 1.59. The van der Waals surface area contributed by atoms with Crippen molar-refractivity contribution in [2.75, 3.05) is 5.75 Å². The molecule has 1 N–H and O–H groups in total. The summed E-state index contributed by atoms with van der Waals surface area (Å²) in [7, 11) is 0. The number of H-pyrrole nitrogens is 1. The summed E-state index contributed by atoms with van der Waals surface area (Å²) < 4.78 is 1.51. The van der Waals surface area contributed by atoms with Gasteiger partial charge in [0.05, 0.1) is 11.0 Å². The molecule has 0 saturated carbocycles. The van der Waals surface area contributed by atoms with E-state index in [1.807, 2.05) is 30.5 Å². The molecule has 7 heteroatoms. The first-order valence-corrected chi connectivity index (χ1v) is 6.88. The SMILES string of the molecule is O=c1c2nnc3ccccc3c2[nH]n1C1N=CCS1. The predicted octanol–water partition coefficient (Wildman–Crippen LogP) is 1.55. The van der Waals surface area contributed by atoms with Crippen LogP contribution in [-0.2, 0) is 0 Å². The number of nitrogens with zero attached hydrogens (tertiary/aromatic N) is 4. The summed E-state index contributed by atoms with van der Waals surface area (Å²) in [5.41, 5.74) is 1.45. The number of nitrogens with one attached hydrogen (secondary N) is 1. The van der Waals surface area contributed by atoms with E-state index in [0.717, 1.165) is 22.2 Å². The maximum absolute atomic E-state index is 12.3. The molecule has 0 bridgehead atoms. The van der Waals surface area contributed by atoms with Crippen LogP contribution >= 0.6 is 11.8 Å². The number of aromatic nitrogens is 4. The zero-order valence-corrected chi connectivity index (χ0v) is 10.6. The number of hydrogen-bond donors (Lipinski definition) is 1. The van der Waals surface area contributed by atoms with Crippen LogP contribution in [0.5, 0.6) is 0 Å². The maximum atomic E-state index is 12.3. The van der Waals surface area contributed by atoms with Crippen LogP contribution in [0.3, 0.4) is 0 Å². The highest BCUT2D eigenvalue weighted by Gasteiger charge is 2.20. The molecule has 1 unspecified atom stereocenters. The fraction of sp³-hybridized carbons (Fsp3) is 0.167. The standard InChI is InChI=1S/C12H9N5OS/c18-11-10-9(16-17(11)12-13-5-6-19-12)7-3-1-2-4-8(7)14-15-10/h1-5,12,16H,6H2. The van der Waals surface area contributed by atoms with Crippen molar-refractivity contribution in [1.29, 1.82) is 0 Å². The monoisotopic (exact) mass is 271 g/mol. The first kappa shape index (κ1) is 10.7. The highest BCUT2D eigenvalue weighted by atomic mass is 32.2. The fourth-order valence-electron chi connectivity index (χ4n) is 2.20. The minimum absolute atomic E-state index is 0.176. The normalized spacial score (nSPS) is 18.6. The van der Waals surface area contributed by atoms with Crippen molar-refractivity contribution in [3.63, 3.8) is 0 Å². The number of hydrogen-bond acceptors (Lipinski definition) is 5. The van der Waals surface area contributed by atoms with Crippen molar-refractivity contribution in [2.24, 2.45) is 4.99 Å². The van der Waals surface area contributed by atoms with E-state index >= 15 is 0 Å². The zero-order valence-electron chi connectivity index (χ0n) is 9.78. The van der Waals surface area contributed by atoms with Gasteiger partial charge in [-0.25, -0.2) is 4.68 Å². The molecular formula is C12H9N5OS. The van der Waals surface area contributed by atoms with Crippen molar-refractivity contribution >= 4 is 39.9 Å². The quantitative estimate of drug-likeness (QED) is 0.728. The second-order valence-corrected chi connectivity index (χ2v) is 5.31. The van der Waals surface area contributed by atoms with E-state index in [9.17, 15) is 4.79 Å². The third-order valence-corrected chi connectivity index (χ3v) is 4.07. The first-order valence-electron chi connectivity index (χ1n) is 5.83. The molecule has 6 nitrogen and oxygen atoms in total. The number of aliphatic imine (C=N–C) groups is 1. The van der Waals surface area contributed by atoms with Crippen LogP contribution in [0.25, 0.3) is 21.9 Å². The summed E-state index contributed by atoms with van der Waals surface area (Å²) in [6, 6.07) is 7.62. The van der Waals surface area contributed by atoms with Crippen LogP contribution < -0.4 is 5.56 Å². The topological polar surface area (TPSA) is 75.9 Å². The van der Waals surface area contributed by atoms with Gasteiger partial charge in [0.15, 0.2) is 11.0 Å². The number of thioether (sulfide) groups is 1. The van der Waals surface area contributed by atoms with Crippen molar-refractivity contribution in [3.8, 4) is 0 Å². The number of aromatic amines is 1. The smallest absolute Gasteiger partial charge is 0.290 e. The molecule has 1 aromatic carbocycles. The van der Waals surface area contributed by atoms with E-state index in [0.29, 0.717) is 5.52 Å². The Bertz CT molecular complexity index is 865. The molecule has 0 spiro atoms. The van der Waals surface area contributed by atoms with E-state index in [-0.39, 0.29) is 11.1 Å². The van der Waals surface area contributed by atoms with Crippen LogP contribution in [0.1, 0.15) is 5.50 Å². The van der Waals surface area contributed by atoms with Gasteiger partial charge in [0.25, 0.3) is 5.56 Å². The summed E-state index contributed by atoms with van der Waals surface area (Å²) in [4.78, 5) is 16.6. The molecule has 1 aliphatic rings. The minimum Gasteiger partial charge on any atom is -0.290 e. The molecule has 1 aliphatic heterocycles. The predicted molar refractivity (Wildman–Crippen MR) is 75.6 cm³/mol. The molecule has 0 amide bonds. The van der Waals surface area contributed by atoms with Crippen LogP contribution in [0.4, 0.5) is 0 Å². The van der Waals surface area contributed by atoms with Gasteiger partial charge in [-0.05, 0) is 6.07 Å². The molecule has 0 radical (unpaired) electrons. The average Bonchev–Trinajstić information content (AvgIpc) is 3.07. The molecule has 0 saturated heterocycles. The van der Waals surface area contributed by atoms with E-state index in [1.54, 1.807) is 11.8 Å². The van der Waals surface area contributed by atoms with Crippen LogP contribution in [0.2, 0.25) is 0 Å². The molecule has 1 atom stereocenters. The molecule has 2 aromatic heterocycles. The van der Waals surface area contributed by atoms with Gasteiger partial charge in [-0.1, -0.05) is 18.2 Å². The average molecular weight is 271 g/mol. The number of fused-ring (bicyclic) bond motifs is 3. The number of benzene rings is 1. The number of rotatable bonds is 1. The van der Waals surface area contributed by atoms with Crippen LogP contribution in [-0.4, -0.2) is 31.9 Å². The van der Waals surface area contributed by atoms with Crippen LogP contribution in [0.15, 0.2) is 34.1 Å². The summed E-state index contributed by atoms with van der Waals surface area (Å²) in [6.45, 7) is 0. The Labute approximate surface area is 111 Å². The highest BCUT2D eigenvalue weighted by Crippen LogP contribution is 2.27. The molecule has 19 heavy (non-hydrogen) atoms. The van der Waals surface area contributed by atoms with Gasteiger partial charge in [-0.15, -0.1) is 22.0 Å². The van der Waals surface area contributed by atoms with Crippen molar-refractivity contribution in [3.05, 3.63) is 34.6 Å². The van der Waals surface area contributed by atoms with Crippen LogP contribution in [0, 0.1) is 0 Å². The lowest BCUT2D eigenvalue weighted by Gasteiger charge is -2.05. The van der Waals surface area contributed by atoms with Crippen molar-refractivity contribution < 1.29 is 0 Å². The van der Waals surface area contributed by atoms with E-state index in [1.165, 1.54) is 4.68 Å². The Kier molecular flexibility index (Phi) is 2.22. The Morgan fingerprint density at radius 2 is 2.21 bits per heavy atom. The summed E-state index contributed by atoms with van der Waals surface area (Å²) in [5.74, 6) is 0.818. The van der Waals surface area contributed by atoms with Crippen molar-refractivity contribution in [2.45, 2.75) is 5.50 Å². The molecular weight excluding hydrogens is 262 g/mol. The van der Waals surface area contributed by atoms with Gasteiger partial charge in [-0.2, -0.15) is 0 Å². The van der Waals surface area contributed by atoms with E-state index in [4.69, 9.17) is 0 Å². The Balaban J connectivity index is 2.08. The van der Waals surface area contributed by atoms with Gasteiger partial charge in [0, 0.05) is 17.4 Å². The zero-order chi connectivity index (χ0) is 12.8. The molecule has 3 aromatic rings. The van der Waals surface area contributed by atoms with Gasteiger partial charge >= 0.3 is 0 Å². The Morgan fingerprint density at radius 1 is 1.32 bits per heavy atom. The fourth-order valence-corrected chi connectivity index (χ4v) is 3.02. The Hall–Kier alpha value is -2.15. The second kappa shape index (κ2) is 3.92. The largest absolute Gasteiger partial charge is 0.297 e. The minimum atomic E-state index is -0.222. The third-order valence-electron chi connectivity index (χ3n) is 3.10. The van der Waals surface area contributed by atoms with Gasteiger partial charge < -0.3 is 0 Å². The summed E-state index contributed by atoms with van der Waals surface area (Å²) in [5, 5.41) is 12.1. The van der Waals surface area contributed by atoms with Gasteiger partial charge in [-0.3, -0.25) is 14.9 Å². The van der Waals surface area contributed by atoms with Gasteiger partial charge in [0.1, 0.15) is 0 Å². The van der Waals surface area contributed by atoms with Crippen molar-refractivity contribution in [1.82, 2.24) is 20.0 Å². The maximum Gasteiger partial charge on any atom is 0.297 e. The van der Waals surface area contributed by atoms with Gasteiger partial charge in [0.2, 0.25) is 0 Å². The Morgan fingerprint density at radius 3 is 3.05 bits per heavy atom. The molecule has 94 valence electrons. The lowest BCUT2D eigenvalue weighted by molar-refractivity contribution is 0.616. The lowest BCUT2D eigenvalue weighted by atomic mass is 10.2.